The van der Waals surface area contributed by atoms with Gasteiger partial charge in [-0.15, -0.1) is 0 Å². The Bertz CT molecular complexity index is 2170. The number of carbonyl (C=O) groups is 2. The molecular formula is C37H22F16O6. The van der Waals surface area contributed by atoms with Crippen molar-refractivity contribution >= 4 is 11.9 Å². The summed E-state index contributed by atoms with van der Waals surface area (Å²) in [5.41, 5.74) is -15.0. The molecule has 4 rings (SSSR count). The van der Waals surface area contributed by atoms with Gasteiger partial charge < -0.3 is 18.9 Å². The van der Waals surface area contributed by atoms with E-state index in [-0.39, 0.29) is 12.2 Å². The quantitative estimate of drug-likeness (QED) is 0.0438. The summed E-state index contributed by atoms with van der Waals surface area (Å²) in [5.74, 6) is -33.4. The van der Waals surface area contributed by atoms with Gasteiger partial charge in [-0.25, -0.2) is 53.5 Å². The van der Waals surface area contributed by atoms with Crippen molar-refractivity contribution in [2.24, 2.45) is 0 Å². The number of esters is 2. The number of halogens is 16. The van der Waals surface area contributed by atoms with Crippen LogP contribution in [0.25, 0.3) is 0 Å². The van der Waals surface area contributed by atoms with Gasteiger partial charge in [0.1, 0.15) is 6.10 Å². The van der Waals surface area contributed by atoms with Crippen LogP contribution in [0.3, 0.4) is 0 Å². The van der Waals surface area contributed by atoms with Crippen LogP contribution in [0, 0.1) is 58.2 Å². The average molecular weight is 867 g/mol. The largest absolute Gasteiger partial charge is 0.454 e. The van der Waals surface area contributed by atoms with Crippen molar-refractivity contribution < 1.29 is 98.8 Å². The molecule has 0 amide bonds. The summed E-state index contributed by atoms with van der Waals surface area (Å²) >= 11 is 0. The molecular weight excluding hydrogens is 844 g/mol. The molecule has 4 atom stereocenters. The van der Waals surface area contributed by atoms with E-state index in [1.165, 1.54) is 0 Å². The molecule has 318 valence electrons. The summed E-state index contributed by atoms with van der Waals surface area (Å²) in [6, 6.07) is 8.67. The Morgan fingerprint density at radius 1 is 0.508 bits per heavy atom. The first-order chi connectivity index (χ1) is 27.5. The van der Waals surface area contributed by atoms with E-state index in [1.54, 1.807) is 0 Å². The number of alkyl halides is 6. The summed E-state index contributed by atoms with van der Waals surface area (Å²) < 4.78 is 252. The fourth-order valence-corrected chi connectivity index (χ4v) is 5.71. The molecule has 6 nitrogen and oxygen atoms in total. The van der Waals surface area contributed by atoms with Gasteiger partial charge in [0.2, 0.25) is 11.6 Å². The Morgan fingerprint density at radius 3 is 1.17 bits per heavy atom. The van der Waals surface area contributed by atoms with Crippen molar-refractivity contribution in [1.29, 1.82) is 0 Å². The van der Waals surface area contributed by atoms with Gasteiger partial charge in [0.15, 0.2) is 52.6 Å². The van der Waals surface area contributed by atoms with Crippen LogP contribution in [-0.4, -0.2) is 38.5 Å². The zero-order chi connectivity index (χ0) is 44.4. The molecule has 0 N–H and O–H groups in total. The number of ether oxygens (including phenoxy) is 4. The predicted molar refractivity (Wildman–Crippen MR) is 166 cm³/mol. The summed E-state index contributed by atoms with van der Waals surface area (Å²) in [4.78, 5) is 26.8. The van der Waals surface area contributed by atoms with Gasteiger partial charge in [-0.1, -0.05) is 66.7 Å². The average Bonchev–Trinajstić information content (AvgIpc) is 3.18. The third-order valence-corrected chi connectivity index (χ3v) is 8.58. The molecule has 0 aliphatic rings. The molecule has 0 aliphatic carbocycles. The van der Waals surface area contributed by atoms with Crippen LogP contribution < -0.4 is 0 Å². The molecule has 0 aliphatic heterocycles. The van der Waals surface area contributed by atoms with Gasteiger partial charge in [0, 0.05) is 31.8 Å². The second kappa shape index (κ2) is 17.3. The number of hydrogen-bond donors (Lipinski definition) is 0. The first kappa shape index (κ1) is 46.1. The maximum absolute atomic E-state index is 15.1. The van der Waals surface area contributed by atoms with Crippen molar-refractivity contribution in [3.63, 3.8) is 0 Å². The Labute approximate surface area is 320 Å². The molecule has 4 aromatic rings. The molecule has 4 aromatic carbocycles. The normalized spacial score (nSPS) is 15.4. The van der Waals surface area contributed by atoms with Crippen LogP contribution in [0.4, 0.5) is 70.2 Å². The van der Waals surface area contributed by atoms with Crippen molar-refractivity contribution in [1.82, 2.24) is 0 Å². The second-order valence-electron chi connectivity index (χ2n) is 11.8. The summed E-state index contributed by atoms with van der Waals surface area (Å²) in [5, 5.41) is 0. The first-order valence-corrected chi connectivity index (χ1v) is 15.9. The Kier molecular flexibility index (Phi) is 13.5. The van der Waals surface area contributed by atoms with Gasteiger partial charge in [0.05, 0.1) is 11.1 Å². The molecule has 59 heavy (non-hydrogen) atoms. The number of rotatable bonds is 13. The maximum Gasteiger partial charge on any atom is 0.432 e. The van der Waals surface area contributed by atoms with Gasteiger partial charge in [-0.05, 0) is 6.08 Å². The van der Waals surface area contributed by atoms with E-state index in [1.807, 2.05) is 0 Å². The van der Waals surface area contributed by atoms with E-state index < -0.39 is 135 Å². The van der Waals surface area contributed by atoms with E-state index in [0.717, 1.165) is 36.4 Å². The van der Waals surface area contributed by atoms with Crippen molar-refractivity contribution in [2.75, 3.05) is 14.2 Å². The van der Waals surface area contributed by atoms with E-state index in [0.29, 0.717) is 38.5 Å². The maximum atomic E-state index is 15.1. The number of methoxy groups -OCH3 is 2. The fourth-order valence-electron chi connectivity index (χ4n) is 5.71. The highest BCUT2D eigenvalue weighted by atomic mass is 19.4. The minimum absolute atomic E-state index is 0.0740. The summed E-state index contributed by atoms with van der Waals surface area (Å²) in [6.45, 7) is 0. The molecule has 0 saturated heterocycles. The van der Waals surface area contributed by atoms with Crippen molar-refractivity contribution in [3.05, 3.63) is 153 Å². The lowest BCUT2D eigenvalue weighted by molar-refractivity contribution is -0.279. The van der Waals surface area contributed by atoms with Crippen LogP contribution in [0.15, 0.2) is 72.8 Å². The second-order valence-corrected chi connectivity index (χ2v) is 11.8. The molecule has 0 fully saturated rings. The lowest BCUT2D eigenvalue weighted by atomic mass is 9.92. The number of carbonyl (C=O) groups excluding carboxylic acids is 2. The third kappa shape index (κ3) is 8.06. The summed E-state index contributed by atoms with van der Waals surface area (Å²) in [6.07, 6.45) is -19.8. The SMILES string of the molecule is CO[C@](C(=O)O[C@@H](C/C=C\[C@@H](OC(=O)[C@@](OC)(c1ccccc1)C(F)(F)F)c1c(F)c(F)c(F)c(F)c1F)c1c(F)c(F)c(F)c(F)c1F)(c1ccccc1)C(F)(F)F. The molecule has 0 aromatic heterocycles. The lowest BCUT2D eigenvalue weighted by Gasteiger charge is -2.34. The van der Waals surface area contributed by atoms with Gasteiger partial charge in [0.25, 0.3) is 11.2 Å². The predicted octanol–water partition coefficient (Wildman–Crippen LogP) is 10.1. The van der Waals surface area contributed by atoms with Crippen LogP contribution in [0.2, 0.25) is 0 Å². The molecule has 0 unspecified atom stereocenters. The van der Waals surface area contributed by atoms with Crippen LogP contribution in [-0.2, 0) is 39.7 Å². The highest BCUT2D eigenvalue weighted by molar-refractivity contribution is 5.83. The highest BCUT2D eigenvalue weighted by Gasteiger charge is 2.65. The molecule has 0 bridgehead atoms. The van der Waals surface area contributed by atoms with Crippen molar-refractivity contribution in [2.45, 2.75) is 42.2 Å². The van der Waals surface area contributed by atoms with Crippen molar-refractivity contribution in [3.8, 4) is 0 Å². The molecule has 0 spiro atoms. The monoisotopic (exact) mass is 866 g/mol. The molecule has 0 radical (unpaired) electrons. The molecule has 0 heterocycles. The number of benzene rings is 4. The van der Waals surface area contributed by atoms with Crippen LogP contribution in [0.1, 0.15) is 40.9 Å². The zero-order valence-corrected chi connectivity index (χ0v) is 29.3. The molecule has 22 heteroatoms. The fraction of sp³-hybridized carbons (Fsp3) is 0.243. The van der Waals surface area contributed by atoms with Gasteiger partial charge >= 0.3 is 24.3 Å². The molecule has 0 saturated carbocycles. The van der Waals surface area contributed by atoms with E-state index in [9.17, 15) is 62.3 Å². The Morgan fingerprint density at radius 2 is 0.831 bits per heavy atom. The Balaban J connectivity index is 1.95. The topological polar surface area (TPSA) is 71.1 Å². The standard InChI is InChI=1S/C37H22F16O6/c1-56-34(36(48,49)50,16-10-5-3-6-11-16)32(54)58-18(20-22(38)26(42)30(46)27(43)23(20)39)14-9-15-19(21-24(40)28(44)31(47)29(45)25(21)41)59-33(55)35(57-2,37(51,52)53)17-12-7-4-8-13-17/h3-14,18-19H,15H2,1-2H3/b14-9-/t18-,19+,34+,35+/m1/s1. The minimum Gasteiger partial charge on any atom is -0.454 e. The zero-order valence-electron chi connectivity index (χ0n) is 29.3. The van der Waals surface area contributed by atoms with E-state index in [2.05, 4.69) is 18.9 Å². The van der Waals surface area contributed by atoms with Gasteiger partial charge in [-0.3, -0.25) is 0 Å². The van der Waals surface area contributed by atoms with Crippen LogP contribution in [0.5, 0.6) is 0 Å². The van der Waals surface area contributed by atoms with Crippen LogP contribution >= 0.6 is 0 Å². The number of hydrogen-bond acceptors (Lipinski definition) is 6. The third-order valence-electron chi connectivity index (χ3n) is 8.58. The van der Waals surface area contributed by atoms with E-state index >= 15 is 17.6 Å². The first-order valence-electron chi connectivity index (χ1n) is 15.9. The smallest absolute Gasteiger partial charge is 0.432 e. The summed E-state index contributed by atoms with van der Waals surface area (Å²) in [7, 11) is 0.596. The van der Waals surface area contributed by atoms with Gasteiger partial charge in [-0.2, -0.15) is 26.3 Å². The Hall–Kier alpha value is -5.64. The lowest BCUT2D eigenvalue weighted by Crippen LogP contribution is -2.52. The highest BCUT2D eigenvalue weighted by Crippen LogP contribution is 2.46. The minimum atomic E-state index is -5.85. The van der Waals surface area contributed by atoms with E-state index in [4.69, 9.17) is 0 Å².